The Balaban J connectivity index is 0.000000439. The van der Waals surface area contributed by atoms with E-state index in [0.717, 1.165) is 68.9 Å². The second-order valence-corrected chi connectivity index (χ2v) is 19.6. The van der Waals surface area contributed by atoms with Gasteiger partial charge in [0, 0.05) is 60.7 Å². The molecule has 0 aliphatic rings. The van der Waals surface area contributed by atoms with Crippen molar-refractivity contribution in [3.8, 4) is 22.4 Å². The van der Waals surface area contributed by atoms with Crippen molar-refractivity contribution in [2.45, 2.75) is 139 Å². The molecule has 0 aliphatic heterocycles. The van der Waals surface area contributed by atoms with Crippen LogP contribution < -0.4 is 4.57 Å². The molecule has 0 bridgehead atoms. The SMILES string of the molecule is CCC(CC)C(=O)/C=C(\O)C(CC)CC.[CH2-]c1c(-c2c3sc4c(F)c(-c5c(C(C)C)cc(C(C)C)cc5C(C)C)ccc4c3cc[n+]2[CH2-])cc(C(C)(C)C)c2ccccc12.[Ir]. The van der Waals surface area contributed by atoms with Gasteiger partial charge in [-0.05, 0) is 82.6 Å². The molecular formula is C55H69FIrNO2S-. The average Bonchev–Trinajstić information content (AvgIpc) is 3.58. The number of aliphatic hydroxyl groups excluding tert-OH is 1. The summed E-state index contributed by atoms with van der Waals surface area (Å²) in [5.74, 6) is 1.35. The van der Waals surface area contributed by atoms with Gasteiger partial charge in [0.05, 0.1) is 22.3 Å². The number of nitrogens with zero attached hydrogens (tertiary/aromatic N) is 1. The van der Waals surface area contributed by atoms with Gasteiger partial charge in [0.25, 0.3) is 0 Å². The number of carbonyl (C=O) groups excluding carboxylic acids is 1. The number of aromatic nitrogens is 1. The molecule has 0 spiro atoms. The van der Waals surface area contributed by atoms with Crippen LogP contribution in [-0.4, -0.2) is 10.9 Å². The van der Waals surface area contributed by atoms with E-state index in [4.69, 9.17) is 0 Å². The molecule has 0 unspecified atom stereocenters. The van der Waals surface area contributed by atoms with Crippen LogP contribution in [0.15, 0.2) is 78.7 Å². The fourth-order valence-corrected chi connectivity index (χ4v) is 9.95. The Bertz CT molecular complexity index is 2500. The van der Waals surface area contributed by atoms with Crippen LogP contribution in [0.4, 0.5) is 4.39 Å². The van der Waals surface area contributed by atoms with Crippen LogP contribution in [0.3, 0.4) is 0 Å². The standard InChI is InChI=1S/C42H45FNS.C13H24O2.Ir/c1-23(2)27-20-33(24(3)4)37(34(21-27)25(5)6)32-17-16-30-31-18-19-44(11)39(41(31)45-40(30)38(32)43)35-22-36(42(8,9)10)29-15-13-12-14-28(29)26(35)7;1-5-10(6-2)12(14)9-13(15)11(7-3)8-4;/h12-25H,7,11H2,1-6,8-10H3;9-11,14H,5-8H2,1-4H3;/q-1;;/b;12-9-;. The van der Waals surface area contributed by atoms with E-state index in [0.29, 0.717) is 16.2 Å². The van der Waals surface area contributed by atoms with Gasteiger partial charge in [-0.3, -0.25) is 4.79 Å². The second-order valence-electron chi connectivity index (χ2n) is 18.6. The Morgan fingerprint density at radius 3 is 1.80 bits per heavy atom. The Morgan fingerprint density at radius 1 is 0.754 bits per heavy atom. The Labute approximate surface area is 384 Å². The van der Waals surface area contributed by atoms with Gasteiger partial charge < -0.3 is 9.67 Å². The number of pyridine rings is 1. The molecule has 329 valence electrons. The molecule has 1 radical (unpaired) electrons. The monoisotopic (exact) mass is 1020 g/mol. The molecular weight excluding hydrogens is 950 g/mol. The first-order valence-electron chi connectivity index (χ1n) is 22.2. The van der Waals surface area contributed by atoms with Crippen LogP contribution in [0, 0.1) is 31.6 Å². The third-order valence-corrected chi connectivity index (χ3v) is 13.7. The first kappa shape index (κ1) is 49.7. The minimum atomic E-state index is -0.139. The van der Waals surface area contributed by atoms with Gasteiger partial charge in [0.2, 0.25) is 0 Å². The van der Waals surface area contributed by atoms with E-state index < -0.39 is 0 Å². The molecule has 6 aromatic rings. The molecule has 0 aliphatic carbocycles. The van der Waals surface area contributed by atoms with Crippen molar-refractivity contribution < 1.29 is 39.0 Å². The normalized spacial score (nSPS) is 12.3. The van der Waals surface area contributed by atoms with Crippen molar-refractivity contribution >= 4 is 48.1 Å². The zero-order valence-corrected chi connectivity index (χ0v) is 42.2. The number of benzene rings is 4. The van der Waals surface area contributed by atoms with Crippen LogP contribution in [-0.2, 0) is 30.3 Å². The average molecular weight is 1020 g/mol. The fraction of sp³-hybridized carbons (Fsp3) is 0.418. The van der Waals surface area contributed by atoms with Gasteiger partial charge in [0.15, 0.2) is 5.78 Å². The van der Waals surface area contributed by atoms with Gasteiger partial charge in [0.1, 0.15) is 5.82 Å². The topological polar surface area (TPSA) is 41.2 Å². The zero-order valence-electron chi connectivity index (χ0n) is 39.0. The second kappa shape index (κ2) is 20.5. The van der Waals surface area contributed by atoms with Crippen molar-refractivity contribution in [1.29, 1.82) is 0 Å². The minimum Gasteiger partial charge on any atom is -0.512 e. The van der Waals surface area contributed by atoms with E-state index in [1.165, 1.54) is 45.1 Å². The maximum Gasteiger partial charge on any atom is 0.162 e. The van der Waals surface area contributed by atoms with E-state index in [2.05, 4.69) is 131 Å². The van der Waals surface area contributed by atoms with Crippen molar-refractivity contribution in [1.82, 2.24) is 0 Å². The molecule has 4 aromatic carbocycles. The minimum absolute atomic E-state index is 0. The van der Waals surface area contributed by atoms with Crippen LogP contribution in [0.1, 0.15) is 161 Å². The number of halogens is 1. The first-order valence-corrected chi connectivity index (χ1v) is 23.0. The third-order valence-electron chi connectivity index (χ3n) is 12.5. The molecule has 0 saturated heterocycles. The van der Waals surface area contributed by atoms with Crippen LogP contribution in [0.2, 0.25) is 0 Å². The van der Waals surface area contributed by atoms with Crippen molar-refractivity contribution in [2.75, 3.05) is 0 Å². The summed E-state index contributed by atoms with van der Waals surface area (Å²) < 4.78 is 20.7. The molecule has 6 rings (SSSR count). The number of hydrogen-bond acceptors (Lipinski definition) is 3. The first-order chi connectivity index (χ1) is 28.3. The Morgan fingerprint density at radius 2 is 1.30 bits per heavy atom. The van der Waals surface area contributed by atoms with Crippen LogP contribution in [0.5, 0.6) is 0 Å². The fourth-order valence-electron chi connectivity index (χ4n) is 8.64. The van der Waals surface area contributed by atoms with Crippen LogP contribution in [0.25, 0.3) is 53.3 Å². The number of fused-ring (bicyclic) bond motifs is 4. The smallest absolute Gasteiger partial charge is 0.162 e. The maximum atomic E-state index is 17.1. The molecule has 0 atom stereocenters. The van der Waals surface area contributed by atoms with Crippen molar-refractivity contribution in [2.24, 2.45) is 11.8 Å². The molecule has 3 nitrogen and oxygen atoms in total. The predicted octanol–water partition coefficient (Wildman–Crippen LogP) is 16.3. The van der Waals surface area contributed by atoms with Crippen molar-refractivity contribution in [3.63, 3.8) is 0 Å². The van der Waals surface area contributed by atoms with E-state index in [-0.39, 0.29) is 66.6 Å². The number of thiophene rings is 1. The summed E-state index contributed by atoms with van der Waals surface area (Å²) in [6.07, 6.45) is 6.91. The number of rotatable bonds is 12. The van der Waals surface area contributed by atoms with E-state index in [1.54, 1.807) is 0 Å². The number of hydrogen-bond donors (Lipinski definition) is 1. The summed E-state index contributed by atoms with van der Waals surface area (Å²) in [5.41, 5.74) is 9.67. The summed E-state index contributed by atoms with van der Waals surface area (Å²) in [6.45, 7) is 32.7. The van der Waals surface area contributed by atoms with E-state index in [1.807, 2.05) is 44.5 Å². The van der Waals surface area contributed by atoms with Crippen LogP contribution >= 0.6 is 11.3 Å². The largest absolute Gasteiger partial charge is 0.512 e. The predicted molar refractivity (Wildman–Crippen MR) is 258 cm³/mol. The summed E-state index contributed by atoms with van der Waals surface area (Å²) in [5, 5.41) is 14.1. The molecule has 1 N–H and O–H groups in total. The number of carbonyl (C=O) groups is 1. The van der Waals surface area contributed by atoms with E-state index >= 15 is 4.39 Å². The molecule has 6 heteroatoms. The molecule has 0 amide bonds. The maximum absolute atomic E-state index is 17.1. The Hall–Kier alpha value is -3.96. The van der Waals surface area contributed by atoms with Gasteiger partial charge in [-0.15, -0.1) is 34.4 Å². The van der Waals surface area contributed by atoms with Gasteiger partial charge in [-0.25, -0.2) is 4.39 Å². The van der Waals surface area contributed by atoms with Gasteiger partial charge in [-0.1, -0.05) is 143 Å². The molecule has 0 saturated carbocycles. The summed E-state index contributed by atoms with van der Waals surface area (Å²) in [6, 6.07) is 21.6. The van der Waals surface area contributed by atoms with E-state index in [9.17, 15) is 9.90 Å². The summed E-state index contributed by atoms with van der Waals surface area (Å²) >= 11 is 1.53. The quantitative estimate of drug-likeness (QED) is 0.0574. The zero-order chi connectivity index (χ0) is 44.4. The van der Waals surface area contributed by atoms with Crippen molar-refractivity contribution in [3.05, 3.63) is 126 Å². The Kier molecular flexibility index (Phi) is 16.7. The van der Waals surface area contributed by atoms with Gasteiger partial charge in [-0.2, -0.15) is 12.5 Å². The molecule has 2 aromatic heterocycles. The number of aliphatic hydroxyl groups is 1. The molecule has 0 fully saturated rings. The van der Waals surface area contributed by atoms with Gasteiger partial charge >= 0.3 is 0 Å². The molecule has 2 heterocycles. The summed E-state index contributed by atoms with van der Waals surface area (Å²) in [7, 11) is 4.40. The number of ketones is 1. The molecule has 61 heavy (non-hydrogen) atoms. The third kappa shape index (κ3) is 10.1. The number of allylic oxidation sites excluding steroid dienone is 2. The summed E-state index contributed by atoms with van der Waals surface area (Å²) in [4.78, 5) is 11.7.